The molecule has 1 aromatic rings. The van der Waals surface area contributed by atoms with Gasteiger partial charge in [0.05, 0.1) is 12.2 Å². The predicted octanol–water partition coefficient (Wildman–Crippen LogP) is 4.85. The first-order valence-electron chi connectivity index (χ1n) is 8.56. The van der Waals surface area contributed by atoms with E-state index in [0.717, 1.165) is 12.8 Å². The maximum absolute atomic E-state index is 11.7. The summed E-state index contributed by atoms with van der Waals surface area (Å²) in [7, 11) is 0. The molecule has 0 N–H and O–H groups in total. The number of esters is 1. The third kappa shape index (κ3) is 11.5. The standard InChI is InChI=1S/C19H30O2.Ca.2H/c1-2-3-4-5-6-7-8-9-10-14-17-21-19(20)18-15-12-11-13-16-18;;;/h11-13,15-16H,2-10,14,17H2,1H3;;;. The van der Waals surface area contributed by atoms with Gasteiger partial charge in [-0.15, -0.1) is 0 Å². The Balaban J connectivity index is 0.00000441. The number of carbonyl (C=O) groups excluding carboxylic acids is 1. The first kappa shape index (κ1) is 21.9. The molecule has 2 nitrogen and oxygen atoms in total. The van der Waals surface area contributed by atoms with Crippen molar-refractivity contribution in [1.82, 2.24) is 0 Å². The third-order valence-electron chi connectivity index (χ3n) is 3.74. The number of carbonyl (C=O) groups is 1. The monoisotopic (exact) mass is 332 g/mol. The van der Waals surface area contributed by atoms with Crippen molar-refractivity contribution >= 4 is 43.7 Å². The van der Waals surface area contributed by atoms with Crippen molar-refractivity contribution in [3.63, 3.8) is 0 Å². The summed E-state index contributed by atoms with van der Waals surface area (Å²) in [5.74, 6) is -0.202. The predicted molar refractivity (Wildman–Crippen MR) is 97.1 cm³/mol. The van der Waals surface area contributed by atoms with Gasteiger partial charge in [-0.05, 0) is 18.6 Å². The van der Waals surface area contributed by atoms with Gasteiger partial charge in [-0.1, -0.05) is 82.9 Å². The van der Waals surface area contributed by atoms with Gasteiger partial charge in [0.25, 0.3) is 0 Å². The van der Waals surface area contributed by atoms with Gasteiger partial charge in [-0.2, -0.15) is 0 Å². The quantitative estimate of drug-likeness (QED) is 0.311. The van der Waals surface area contributed by atoms with E-state index in [1.807, 2.05) is 18.2 Å². The van der Waals surface area contributed by atoms with Crippen LogP contribution >= 0.6 is 0 Å². The average Bonchev–Trinajstić information content (AvgIpc) is 2.53. The Morgan fingerprint density at radius 2 is 1.32 bits per heavy atom. The summed E-state index contributed by atoms with van der Waals surface area (Å²) in [4.78, 5) is 11.7. The third-order valence-corrected chi connectivity index (χ3v) is 3.74. The summed E-state index contributed by atoms with van der Waals surface area (Å²) >= 11 is 0. The van der Waals surface area contributed by atoms with Crippen LogP contribution < -0.4 is 0 Å². The van der Waals surface area contributed by atoms with E-state index in [1.54, 1.807) is 12.1 Å². The van der Waals surface area contributed by atoms with Crippen LogP contribution in [0.5, 0.6) is 0 Å². The van der Waals surface area contributed by atoms with Gasteiger partial charge in [0.2, 0.25) is 0 Å². The summed E-state index contributed by atoms with van der Waals surface area (Å²) in [5.41, 5.74) is 0.643. The van der Waals surface area contributed by atoms with Crippen LogP contribution in [0.3, 0.4) is 0 Å². The number of unbranched alkanes of at least 4 members (excludes halogenated alkanes) is 9. The number of hydrogen-bond acceptors (Lipinski definition) is 2. The average molecular weight is 333 g/mol. The van der Waals surface area contributed by atoms with E-state index in [-0.39, 0.29) is 43.7 Å². The molecule has 0 bridgehead atoms. The van der Waals surface area contributed by atoms with Crippen molar-refractivity contribution in [2.75, 3.05) is 6.61 Å². The van der Waals surface area contributed by atoms with Gasteiger partial charge < -0.3 is 4.74 Å². The van der Waals surface area contributed by atoms with E-state index in [4.69, 9.17) is 4.74 Å². The Morgan fingerprint density at radius 3 is 1.86 bits per heavy atom. The molecule has 0 heterocycles. The summed E-state index contributed by atoms with van der Waals surface area (Å²) < 4.78 is 5.26. The molecule has 3 heteroatoms. The summed E-state index contributed by atoms with van der Waals surface area (Å²) in [6.07, 6.45) is 12.9. The van der Waals surface area contributed by atoms with Crippen molar-refractivity contribution in [3.8, 4) is 0 Å². The van der Waals surface area contributed by atoms with Gasteiger partial charge in [0, 0.05) is 0 Å². The second-order valence-electron chi connectivity index (χ2n) is 5.68. The first-order chi connectivity index (χ1) is 10.3. The molecule has 122 valence electrons. The molecule has 0 aliphatic rings. The van der Waals surface area contributed by atoms with Gasteiger partial charge in [0.15, 0.2) is 0 Å². The van der Waals surface area contributed by atoms with E-state index in [2.05, 4.69) is 6.92 Å². The molecule has 0 saturated heterocycles. The molecule has 0 saturated carbocycles. The molecular formula is C19H32CaO2. The minimum absolute atomic E-state index is 0. The van der Waals surface area contributed by atoms with Crippen LogP contribution in [0.4, 0.5) is 0 Å². The van der Waals surface area contributed by atoms with Crippen molar-refractivity contribution < 1.29 is 9.53 Å². The van der Waals surface area contributed by atoms with Gasteiger partial charge in [-0.25, -0.2) is 4.79 Å². The minimum atomic E-state index is -0.202. The number of rotatable bonds is 12. The van der Waals surface area contributed by atoms with E-state index < -0.39 is 0 Å². The molecule has 22 heavy (non-hydrogen) atoms. The van der Waals surface area contributed by atoms with E-state index in [0.29, 0.717) is 12.2 Å². The van der Waals surface area contributed by atoms with Gasteiger partial charge in [-0.3, -0.25) is 0 Å². The van der Waals surface area contributed by atoms with E-state index >= 15 is 0 Å². The summed E-state index contributed by atoms with van der Waals surface area (Å²) in [6.45, 7) is 2.80. The van der Waals surface area contributed by atoms with Crippen molar-refractivity contribution in [3.05, 3.63) is 35.9 Å². The zero-order valence-electron chi connectivity index (χ0n) is 13.5. The summed E-state index contributed by atoms with van der Waals surface area (Å²) in [5, 5.41) is 0. The molecule has 0 atom stereocenters. The van der Waals surface area contributed by atoms with Crippen LogP contribution in [0.15, 0.2) is 30.3 Å². The Hall–Kier alpha value is -0.0503. The van der Waals surface area contributed by atoms with Gasteiger partial charge >= 0.3 is 43.7 Å². The molecule has 0 fully saturated rings. The molecule has 1 rings (SSSR count). The van der Waals surface area contributed by atoms with E-state index in [1.165, 1.54) is 51.4 Å². The van der Waals surface area contributed by atoms with E-state index in [9.17, 15) is 4.79 Å². The maximum atomic E-state index is 11.7. The van der Waals surface area contributed by atoms with Gasteiger partial charge in [0.1, 0.15) is 0 Å². The number of ether oxygens (including phenoxy) is 1. The molecule has 0 spiro atoms. The van der Waals surface area contributed by atoms with Crippen LogP contribution in [-0.4, -0.2) is 50.3 Å². The molecule has 0 aliphatic carbocycles. The number of benzene rings is 1. The van der Waals surface area contributed by atoms with Crippen molar-refractivity contribution in [2.45, 2.75) is 71.1 Å². The first-order valence-corrected chi connectivity index (χ1v) is 8.56. The second kappa shape index (κ2) is 15.8. The zero-order valence-corrected chi connectivity index (χ0v) is 13.5. The van der Waals surface area contributed by atoms with Crippen molar-refractivity contribution in [1.29, 1.82) is 0 Å². The fourth-order valence-electron chi connectivity index (χ4n) is 2.41. The molecule has 0 radical (unpaired) electrons. The molecular weight excluding hydrogens is 300 g/mol. The second-order valence-corrected chi connectivity index (χ2v) is 5.68. The fourth-order valence-corrected chi connectivity index (χ4v) is 2.41. The number of hydrogen-bond donors (Lipinski definition) is 0. The fraction of sp³-hybridized carbons (Fsp3) is 0.632. The molecule has 0 aliphatic heterocycles. The zero-order chi connectivity index (χ0) is 15.2. The topological polar surface area (TPSA) is 26.3 Å². The molecule has 0 aromatic heterocycles. The van der Waals surface area contributed by atoms with Crippen molar-refractivity contribution in [2.24, 2.45) is 0 Å². The molecule has 0 unspecified atom stereocenters. The van der Waals surface area contributed by atoms with Crippen LogP contribution in [0.2, 0.25) is 0 Å². The Bertz CT molecular complexity index is 365. The van der Waals surface area contributed by atoms with Crippen LogP contribution in [-0.2, 0) is 4.74 Å². The molecule has 0 amide bonds. The van der Waals surface area contributed by atoms with Crippen LogP contribution in [0, 0.1) is 0 Å². The molecule has 1 aromatic carbocycles. The SMILES string of the molecule is CCCCCCCCCCCCOC(=O)c1ccccc1.[CaH2]. The normalized spacial score (nSPS) is 10.0. The summed E-state index contributed by atoms with van der Waals surface area (Å²) in [6, 6.07) is 9.20. The Morgan fingerprint density at radius 1 is 0.818 bits per heavy atom. The van der Waals surface area contributed by atoms with Crippen LogP contribution in [0.1, 0.15) is 81.5 Å². The Kier molecular flexibility index (Phi) is 15.8. The van der Waals surface area contributed by atoms with Crippen LogP contribution in [0.25, 0.3) is 0 Å². The Labute approximate surface area is 166 Å².